The van der Waals surface area contributed by atoms with Crippen molar-refractivity contribution in [2.24, 2.45) is 23.2 Å². The van der Waals surface area contributed by atoms with Crippen LogP contribution in [0.5, 0.6) is 0 Å². The molecule has 12 heteroatoms. The van der Waals surface area contributed by atoms with E-state index in [1.54, 1.807) is 31.7 Å². The quantitative estimate of drug-likeness (QED) is 0.131. The van der Waals surface area contributed by atoms with Crippen LogP contribution in [0, 0.1) is 23.2 Å². The fourth-order valence-corrected chi connectivity index (χ4v) is 6.77. The van der Waals surface area contributed by atoms with Crippen LogP contribution in [0.1, 0.15) is 92.4 Å². The normalized spacial score (nSPS) is 23.8. The summed E-state index contributed by atoms with van der Waals surface area (Å²) in [6.45, 7) is 13.4. The second kappa shape index (κ2) is 14.6. The van der Waals surface area contributed by atoms with Gasteiger partial charge in [-0.1, -0.05) is 39.2 Å². The van der Waals surface area contributed by atoms with Crippen molar-refractivity contribution in [3.05, 3.63) is 12.7 Å². The lowest BCUT2D eigenvalue weighted by Gasteiger charge is -2.37. The maximum absolute atomic E-state index is 14.2. The van der Waals surface area contributed by atoms with Gasteiger partial charge in [-0.25, -0.2) is 4.79 Å². The van der Waals surface area contributed by atoms with E-state index in [9.17, 15) is 28.8 Å². The SMILES string of the molecule is C=CCC[C@@H](NC(=O)[C@@H]1[C@@H]2C(CN1C(=O)[C@@H](NC(=O)OC(C)(C)C)C1CCCCC1)C2(C)C)C(=O)C(=O)NCCCC(=O)O. The minimum Gasteiger partial charge on any atom is -0.481 e. The number of ketones is 1. The molecule has 44 heavy (non-hydrogen) atoms. The number of aliphatic carboxylic acids is 1. The van der Waals surface area contributed by atoms with Gasteiger partial charge in [0.25, 0.3) is 5.91 Å². The van der Waals surface area contributed by atoms with Gasteiger partial charge in [-0.05, 0) is 76.0 Å². The molecule has 2 saturated carbocycles. The Kier molecular flexibility index (Phi) is 11.6. The van der Waals surface area contributed by atoms with E-state index in [0.29, 0.717) is 13.0 Å². The maximum Gasteiger partial charge on any atom is 0.408 e. The Hall–Kier alpha value is -3.44. The molecule has 1 aliphatic heterocycles. The van der Waals surface area contributed by atoms with Crippen molar-refractivity contribution in [2.75, 3.05) is 13.1 Å². The molecule has 0 bridgehead atoms. The Morgan fingerprint density at radius 3 is 2.32 bits per heavy atom. The number of likely N-dealkylation sites (tertiary alicyclic amines) is 1. The minimum atomic E-state index is -1.15. The lowest BCUT2D eigenvalue weighted by atomic mass is 9.83. The summed E-state index contributed by atoms with van der Waals surface area (Å²) >= 11 is 0. The lowest BCUT2D eigenvalue weighted by Crippen LogP contribution is -2.59. The summed E-state index contributed by atoms with van der Waals surface area (Å²) in [7, 11) is 0. The minimum absolute atomic E-state index is 0.00898. The average molecular weight is 619 g/mol. The Morgan fingerprint density at radius 2 is 1.73 bits per heavy atom. The average Bonchev–Trinajstić information content (AvgIpc) is 3.27. The second-order valence-corrected chi connectivity index (χ2v) is 14.0. The molecule has 0 aromatic rings. The summed E-state index contributed by atoms with van der Waals surface area (Å²) in [4.78, 5) is 79.0. The monoisotopic (exact) mass is 618 g/mol. The molecule has 4 N–H and O–H groups in total. The topological polar surface area (TPSA) is 171 Å². The van der Waals surface area contributed by atoms with Crippen LogP contribution >= 0.6 is 0 Å². The number of carboxylic acid groups (broad SMARTS) is 1. The summed E-state index contributed by atoms with van der Waals surface area (Å²) in [5.41, 5.74) is -0.943. The third-order valence-electron chi connectivity index (χ3n) is 9.19. The third-order valence-corrected chi connectivity index (χ3v) is 9.19. The first-order valence-electron chi connectivity index (χ1n) is 15.8. The van der Waals surface area contributed by atoms with Crippen LogP contribution in [-0.2, 0) is 28.7 Å². The van der Waals surface area contributed by atoms with Crippen LogP contribution < -0.4 is 16.0 Å². The number of hydrogen-bond acceptors (Lipinski definition) is 7. The van der Waals surface area contributed by atoms with Crippen LogP contribution in [0.4, 0.5) is 4.79 Å². The predicted molar refractivity (Wildman–Crippen MR) is 162 cm³/mol. The fourth-order valence-electron chi connectivity index (χ4n) is 6.77. The van der Waals surface area contributed by atoms with Crippen LogP contribution in [-0.4, -0.2) is 82.4 Å². The van der Waals surface area contributed by atoms with Gasteiger partial charge >= 0.3 is 12.1 Å². The number of fused-ring (bicyclic) bond motifs is 1. The van der Waals surface area contributed by atoms with Crippen LogP contribution in [0.15, 0.2) is 12.7 Å². The van der Waals surface area contributed by atoms with Gasteiger partial charge in [0.1, 0.15) is 17.7 Å². The van der Waals surface area contributed by atoms with Crippen molar-refractivity contribution in [1.82, 2.24) is 20.9 Å². The molecule has 5 atom stereocenters. The number of alkyl carbamates (subject to hydrolysis) is 1. The number of nitrogens with zero attached hydrogens (tertiary/aromatic N) is 1. The van der Waals surface area contributed by atoms with Crippen molar-refractivity contribution in [3.8, 4) is 0 Å². The van der Waals surface area contributed by atoms with Gasteiger partial charge in [0, 0.05) is 19.5 Å². The molecule has 3 fully saturated rings. The van der Waals surface area contributed by atoms with Crippen molar-refractivity contribution in [1.29, 1.82) is 0 Å². The van der Waals surface area contributed by atoms with Gasteiger partial charge in [0.2, 0.25) is 17.6 Å². The lowest BCUT2D eigenvalue weighted by molar-refractivity contribution is -0.145. The molecule has 3 rings (SSSR count). The summed E-state index contributed by atoms with van der Waals surface area (Å²) in [5.74, 6) is -3.77. The molecule has 246 valence electrons. The molecular formula is C32H50N4O8. The number of piperidine rings is 1. The van der Waals surface area contributed by atoms with Crippen molar-refractivity contribution in [3.63, 3.8) is 0 Å². The molecule has 2 aliphatic carbocycles. The fraction of sp³-hybridized carbons (Fsp3) is 0.750. The Bertz CT molecular complexity index is 1120. The van der Waals surface area contributed by atoms with Gasteiger partial charge in [-0.15, -0.1) is 6.58 Å². The van der Waals surface area contributed by atoms with E-state index in [1.807, 2.05) is 13.8 Å². The first kappa shape index (κ1) is 35.0. The zero-order valence-electron chi connectivity index (χ0n) is 26.8. The van der Waals surface area contributed by atoms with E-state index in [-0.39, 0.29) is 54.9 Å². The van der Waals surface area contributed by atoms with E-state index in [4.69, 9.17) is 9.84 Å². The Labute approximate surface area is 260 Å². The number of carbonyl (C=O) groups excluding carboxylic acids is 5. The molecule has 0 aromatic carbocycles. The highest BCUT2D eigenvalue weighted by Gasteiger charge is 2.69. The zero-order valence-corrected chi connectivity index (χ0v) is 26.8. The molecule has 0 spiro atoms. The van der Waals surface area contributed by atoms with Gasteiger partial charge in [0.15, 0.2) is 0 Å². The number of hydrogen-bond donors (Lipinski definition) is 4. The number of rotatable bonds is 14. The van der Waals surface area contributed by atoms with Crippen LogP contribution in [0.3, 0.4) is 0 Å². The summed E-state index contributed by atoms with van der Waals surface area (Å²) < 4.78 is 5.48. The molecule has 1 saturated heterocycles. The summed E-state index contributed by atoms with van der Waals surface area (Å²) in [6, 6.07) is -2.87. The van der Waals surface area contributed by atoms with Gasteiger partial charge in [0.05, 0.1) is 6.04 Å². The second-order valence-electron chi connectivity index (χ2n) is 14.0. The van der Waals surface area contributed by atoms with Crippen LogP contribution in [0.25, 0.3) is 0 Å². The standard InChI is InChI=1S/C32H50N4O8/c1-7-8-15-21(26(39)28(41)33-17-12-16-22(37)38)34-27(40)25-23-20(32(23,5)6)18-36(25)29(42)24(19-13-10-9-11-14-19)35-30(43)44-31(2,3)4/h7,19-21,23-25H,1,8-18H2,2-6H3,(H,33,41)(H,34,40)(H,35,43)(H,37,38)/t20?,21-,23+,24+,25+/m1/s1. The number of ether oxygens (including phenoxy) is 1. The van der Waals surface area contributed by atoms with E-state index in [1.165, 1.54) is 0 Å². The van der Waals surface area contributed by atoms with E-state index in [0.717, 1.165) is 32.1 Å². The predicted octanol–water partition coefficient (Wildman–Crippen LogP) is 2.94. The molecule has 0 aromatic heterocycles. The van der Waals surface area contributed by atoms with E-state index < -0.39 is 53.4 Å². The number of carboxylic acids is 1. The third kappa shape index (κ3) is 8.81. The summed E-state index contributed by atoms with van der Waals surface area (Å²) in [5, 5.41) is 16.8. The van der Waals surface area contributed by atoms with Crippen LogP contribution in [0.2, 0.25) is 0 Å². The maximum atomic E-state index is 14.2. The first-order chi connectivity index (χ1) is 20.6. The van der Waals surface area contributed by atoms with Gasteiger partial charge < -0.3 is 30.7 Å². The van der Waals surface area contributed by atoms with Gasteiger partial charge in [-0.2, -0.15) is 0 Å². The van der Waals surface area contributed by atoms with E-state index >= 15 is 0 Å². The highest BCUT2D eigenvalue weighted by molar-refractivity contribution is 6.38. The smallest absolute Gasteiger partial charge is 0.408 e. The molecule has 12 nitrogen and oxygen atoms in total. The molecule has 1 heterocycles. The largest absolute Gasteiger partial charge is 0.481 e. The highest BCUT2D eigenvalue weighted by Crippen LogP contribution is 2.65. The number of allylic oxidation sites excluding steroid dienone is 1. The highest BCUT2D eigenvalue weighted by atomic mass is 16.6. The molecule has 0 radical (unpaired) electrons. The number of carbonyl (C=O) groups is 6. The van der Waals surface area contributed by atoms with Gasteiger partial charge in [-0.3, -0.25) is 24.0 Å². The Morgan fingerprint density at radius 1 is 1.07 bits per heavy atom. The molecule has 1 unspecified atom stereocenters. The zero-order chi connectivity index (χ0) is 32.8. The van der Waals surface area contributed by atoms with Crippen molar-refractivity contribution >= 4 is 35.6 Å². The molecule has 3 aliphatic rings. The number of nitrogens with one attached hydrogen (secondary N) is 3. The van der Waals surface area contributed by atoms with Crippen molar-refractivity contribution in [2.45, 2.75) is 116 Å². The van der Waals surface area contributed by atoms with Crippen molar-refractivity contribution < 1.29 is 38.6 Å². The number of Topliss-reactive ketones (excluding diaryl/α,β-unsaturated/α-hetero) is 1. The first-order valence-corrected chi connectivity index (χ1v) is 15.8. The summed E-state index contributed by atoms with van der Waals surface area (Å²) in [6.07, 6.45) is 5.90. The number of amides is 4. The van der Waals surface area contributed by atoms with E-state index in [2.05, 4.69) is 22.5 Å². The molecule has 4 amide bonds. The molecular weight excluding hydrogens is 568 g/mol. The Balaban J connectivity index is 1.80.